The Morgan fingerprint density at radius 2 is 2.08 bits per heavy atom. The van der Waals surface area contributed by atoms with E-state index in [9.17, 15) is 9.59 Å². The van der Waals surface area contributed by atoms with Crippen LogP contribution in [-0.4, -0.2) is 36.9 Å². The molecule has 2 heterocycles. The van der Waals surface area contributed by atoms with Gasteiger partial charge in [-0.05, 0) is 49.1 Å². The van der Waals surface area contributed by atoms with Gasteiger partial charge in [-0.3, -0.25) is 9.59 Å². The molecule has 6 heteroatoms. The average Bonchev–Trinajstić information content (AvgIpc) is 3.30. The molecule has 5 nitrogen and oxygen atoms in total. The van der Waals surface area contributed by atoms with Crippen LogP contribution >= 0.6 is 11.3 Å². The lowest BCUT2D eigenvalue weighted by Gasteiger charge is -2.24. The summed E-state index contributed by atoms with van der Waals surface area (Å²) < 4.78 is 5.61. The Bertz CT molecular complexity index is 728. The molecule has 132 valence electrons. The summed E-state index contributed by atoms with van der Waals surface area (Å²) in [4.78, 5) is 28.7. The van der Waals surface area contributed by atoms with Gasteiger partial charge in [0.25, 0.3) is 5.91 Å². The van der Waals surface area contributed by atoms with Crippen LogP contribution in [0, 0.1) is 0 Å². The van der Waals surface area contributed by atoms with Gasteiger partial charge in [0, 0.05) is 30.6 Å². The predicted octanol–water partition coefficient (Wildman–Crippen LogP) is 3.47. The van der Waals surface area contributed by atoms with Crippen molar-refractivity contribution in [3.63, 3.8) is 0 Å². The summed E-state index contributed by atoms with van der Waals surface area (Å²) in [5.74, 6) is 0.716. The van der Waals surface area contributed by atoms with Crippen molar-refractivity contribution in [3.8, 4) is 5.75 Å². The highest BCUT2D eigenvalue weighted by atomic mass is 32.1. The molecule has 1 aromatic carbocycles. The number of thiophene rings is 1. The molecule has 0 radical (unpaired) electrons. The van der Waals surface area contributed by atoms with Gasteiger partial charge in [0.05, 0.1) is 6.04 Å². The van der Waals surface area contributed by atoms with Crippen LogP contribution < -0.4 is 9.64 Å². The van der Waals surface area contributed by atoms with Crippen LogP contribution in [0.4, 0.5) is 5.69 Å². The molecule has 3 rings (SSSR count). The largest absolute Gasteiger partial charge is 0.484 e. The number of benzene rings is 1. The third-order valence-corrected chi connectivity index (χ3v) is 5.56. The first-order chi connectivity index (χ1) is 12.1. The van der Waals surface area contributed by atoms with Crippen LogP contribution in [0.5, 0.6) is 5.75 Å². The van der Waals surface area contributed by atoms with Crippen molar-refractivity contribution < 1.29 is 14.3 Å². The summed E-state index contributed by atoms with van der Waals surface area (Å²) in [5, 5.41) is 2.01. The van der Waals surface area contributed by atoms with E-state index in [1.54, 1.807) is 40.3 Å². The maximum absolute atomic E-state index is 12.3. The predicted molar refractivity (Wildman–Crippen MR) is 99.0 cm³/mol. The monoisotopic (exact) mass is 358 g/mol. The Hall–Kier alpha value is -2.34. The number of amides is 2. The van der Waals surface area contributed by atoms with Crippen molar-refractivity contribution >= 4 is 28.8 Å². The molecule has 1 fully saturated rings. The molecule has 0 spiro atoms. The zero-order chi connectivity index (χ0) is 17.8. The first kappa shape index (κ1) is 17.5. The number of likely N-dealkylation sites (N-methyl/N-ethyl adjacent to an activating group) is 1. The van der Waals surface area contributed by atoms with Crippen LogP contribution in [0.1, 0.15) is 30.7 Å². The minimum Gasteiger partial charge on any atom is -0.484 e. The van der Waals surface area contributed by atoms with Crippen molar-refractivity contribution in [3.05, 3.63) is 46.7 Å². The van der Waals surface area contributed by atoms with E-state index in [0.29, 0.717) is 12.2 Å². The van der Waals surface area contributed by atoms with E-state index in [4.69, 9.17) is 4.74 Å². The molecule has 1 aliphatic heterocycles. The Morgan fingerprint density at radius 1 is 1.32 bits per heavy atom. The molecule has 1 saturated heterocycles. The molecule has 2 aromatic rings. The fourth-order valence-corrected chi connectivity index (χ4v) is 3.65. The average molecular weight is 358 g/mol. The molecule has 1 atom stereocenters. The second kappa shape index (κ2) is 7.70. The van der Waals surface area contributed by atoms with Crippen LogP contribution in [0.15, 0.2) is 41.8 Å². The Kier molecular flexibility index (Phi) is 5.38. The fourth-order valence-electron chi connectivity index (χ4n) is 2.83. The highest BCUT2D eigenvalue weighted by molar-refractivity contribution is 7.10. The number of rotatable bonds is 6. The standard InChI is InChI=1S/C19H22N2O3S/c1-14(17-5-4-12-25-17)20(2)19(23)13-24-16-9-7-15(8-10-16)21-11-3-6-18(21)22/h4-5,7-10,12,14H,3,6,11,13H2,1-2H3. The smallest absolute Gasteiger partial charge is 0.260 e. The molecule has 25 heavy (non-hydrogen) atoms. The number of ether oxygens (including phenoxy) is 1. The second-order valence-electron chi connectivity index (χ2n) is 6.13. The Labute approximate surface area is 151 Å². The van der Waals surface area contributed by atoms with Gasteiger partial charge in [0.2, 0.25) is 5.91 Å². The van der Waals surface area contributed by atoms with E-state index < -0.39 is 0 Å². The molecular formula is C19H22N2O3S. The zero-order valence-corrected chi connectivity index (χ0v) is 15.3. The van der Waals surface area contributed by atoms with Gasteiger partial charge in [-0.15, -0.1) is 11.3 Å². The van der Waals surface area contributed by atoms with Gasteiger partial charge >= 0.3 is 0 Å². The maximum atomic E-state index is 12.3. The third kappa shape index (κ3) is 4.02. The van der Waals surface area contributed by atoms with Gasteiger partial charge in [-0.1, -0.05) is 6.07 Å². The molecule has 0 saturated carbocycles. The van der Waals surface area contributed by atoms with E-state index in [1.165, 1.54) is 0 Å². The van der Waals surface area contributed by atoms with Crippen LogP contribution in [0.25, 0.3) is 0 Å². The van der Waals surface area contributed by atoms with E-state index >= 15 is 0 Å². The van der Waals surface area contributed by atoms with Crippen LogP contribution in [-0.2, 0) is 9.59 Å². The van der Waals surface area contributed by atoms with Crippen molar-refractivity contribution in [2.45, 2.75) is 25.8 Å². The van der Waals surface area contributed by atoms with Crippen molar-refractivity contribution in [1.29, 1.82) is 0 Å². The lowest BCUT2D eigenvalue weighted by molar-refractivity contribution is -0.133. The van der Waals surface area contributed by atoms with Crippen molar-refractivity contribution in [2.24, 2.45) is 0 Å². The highest BCUT2D eigenvalue weighted by Gasteiger charge is 2.22. The van der Waals surface area contributed by atoms with E-state index in [1.807, 2.05) is 36.6 Å². The number of carbonyl (C=O) groups excluding carboxylic acids is 2. The summed E-state index contributed by atoms with van der Waals surface area (Å²) in [5.41, 5.74) is 0.879. The minimum absolute atomic E-state index is 0.00575. The molecule has 0 bridgehead atoms. The molecular weight excluding hydrogens is 336 g/mol. The number of carbonyl (C=O) groups is 2. The molecule has 0 N–H and O–H groups in total. The molecule has 2 amide bonds. The Morgan fingerprint density at radius 3 is 2.68 bits per heavy atom. The van der Waals surface area contributed by atoms with Gasteiger partial charge in [-0.2, -0.15) is 0 Å². The molecule has 1 unspecified atom stereocenters. The van der Waals surface area contributed by atoms with Crippen molar-refractivity contribution in [1.82, 2.24) is 4.90 Å². The summed E-state index contributed by atoms with van der Waals surface area (Å²) in [7, 11) is 1.79. The molecule has 0 aliphatic carbocycles. The molecule has 1 aromatic heterocycles. The fraction of sp³-hybridized carbons (Fsp3) is 0.368. The number of hydrogen-bond acceptors (Lipinski definition) is 4. The van der Waals surface area contributed by atoms with Gasteiger partial charge in [0.15, 0.2) is 6.61 Å². The lowest BCUT2D eigenvalue weighted by Crippen LogP contribution is -2.33. The summed E-state index contributed by atoms with van der Waals surface area (Å²) in [6.07, 6.45) is 1.52. The van der Waals surface area contributed by atoms with Crippen LogP contribution in [0.3, 0.4) is 0 Å². The summed E-state index contributed by atoms with van der Waals surface area (Å²) in [6.45, 7) is 2.77. The second-order valence-corrected chi connectivity index (χ2v) is 7.11. The van der Waals surface area contributed by atoms with Gasteiger partial charge in [-0.25, -0.2) is 0 Å². The quantitative estimate of drug-likeness (QED) is 0.794. The van der Waals surface area contributed by atoms with Crippen LogP contribution in [0.2, 0.25) is 0 Å². The van der Waals surface area contributed by atoms with E-state index in [-0.39, 0.29) is 24.5 Å². The lowest BCUT2D eigenvalue weighted by atomic mass is 10.2. The Balaban J connectivity index is 1.54. The number of hydrogen-bond donors (Lipinski definition) is 0. The van der Waals surface area contributed by atoms with Crippen molar-refractivity contribution in [2.75, 3.05) is 25.1 Å². The minimum atomic E-state index is -0.0697. The normalized spacial score (nSPS) is 15.3. The van der Waals surface area contributed by atoms with E-state index in [0.717, 1.165) is 23.5 Å². The zero-order valence-electron chi connectivity index (χ0n) is 14.5. The maximum Gasteiger partial charge on any atom is 0.260 e. The third-order valence-electron chi connectivity index (χ3n) is 4.51. The van der Waals surface area contributed by atoms with Gasteiger partial charge in [0.1, 0.15) is 5.75 Å². The van der Waals surface area contributed by atoms with E-state index in [2.05, 4.69) is 0 Å². The summed E-state index contributed by atoms with van der Waals surface area (Å²) >= 11 is 1.64. The number of anilines is 1. The SMILES string of the molecule is CC(c1cccs1)N(C)C(=O)COc1ccc(N2CCCC2=O)cc1. The van der Waals surface area contributed by atoms with Gasteiger partial charge < -0.3 is 14.5 Å². The molecule has 1 aliphatic rings. The summed E-state index contributed by atoms with van der Waals surface area (Å²) in [6, 6.07) is 11.4. The number of nitrogens with zero attached hydrogens (tertiary/aromatic N) is 2. The first-order valence-electron chi connectivity index (χ1n) is 8.38. The first-order valence-corrected chi connectivity index (χ1v) is 9.26. The topological polar surface area (TPSA) is 49.9 Å². The highest BCUT2D eigenvalue weighted by Crippen LogP contribution is 2.25.